The van der Waals surface area contributed by atoms with Gasteiger partial charge < -0.3 is 0 Å². The van der Waals surface area contributed by atoms with Crippen LogP contribution >= 0.6 is 0 Å². The SMILES string of the molecule is C=Cc1ccc2nnc(Cc3ccc4ncccc4c3)n2n1. The molecule has 4 rings (SSSR count). The lowest BCUT2D eigenvalue weighted by Crippen LogP contribution is -2.01. The lowest BCUT2D eigenvalue weighted by atomic mass is 10.1. The highest BCUT2D eigenvalue weighted by atomic mass is 15.4. The Kier molecular flexibility index (Phi) is 2.89. The molecule has 3 heterocycles. The van der Waals surface area contributed by atoms with Crippen LogP contribution in [0.15, 0.2) is 55.2 Å². The summed E-state index contributed by atoms with van der Waals surface area (Å²) in [5, 5.41) is 14.0. The maximum Gasteiger partial charge on any atom is 0.177 e. The Hall–Kier alpha value is -3.08. The molecule has 0 bridgehead atoms. The highest BCUT2D eigenvalue weighted by Gasteiger charge is 2.08. The third-order valence-electron chi connectivity index (χ3n) is 3.59. The molecular weight excluding hydrogens is 274 g/mol. The van der Waals surface area contributed by atoms with Gasteiger partial charge in [-0.25, -0.2) is 0 Å². The van der Waals surface area contributed by atoms with Crippen LogP contribution in [0.2, 0.25) is 0 Å². The Balaban J connectivity index is 1.76. The van der Waals surface area contributed by atoms with Gasteiger partial charge in [0.2, 0.25) is 0 Å². The molecule has 3 aromatic heterocycles. The van der Waals surface area contributed by atoms with Crippen molar-refractivity contribution in [2.75, 3.05) is 0 Å². The summed E-state index contributed by atoms with van der Waals surface area (Å²) in [7, 11) is 0. The van der Waals surface area contributed by atoms with E-state index in [0.717, 1.165) is 33.6 Å². The second-order valence-electron chi connectivity index (χ2n) is 5.06. The van der Waals surface area contributed by atoms with Gasteiger partial charge in [-0.3, -0.25) is 4.98 Å². The van der Waals surface area contributed by atoms with Gasteiger partial charge in [-0.2, -0.15) is 9.61 Å². The molecule has 0 N–H and O–H groups in total. The fourth-order valence-corrected chi connectivity index (χ4v) is 2.48. The molecule has 0 fully saturated rings. The first-order valence-corrected chi connectivity index (χ1v) is 7.01. The van der Waals surface area contributed by atoms with Crippen LogP contribution in [-0.4, -0.2) is 24.8 Å². The number of hydrogen-bond acceptors (Lipinski definition) is 4. The van der Waals surface area contributed by atoms with E-state index in [2.05, 4.69) is 45.1 Å². The minimum absolute atomic E-state index is 0.666. The predicted octanol–water partition coefficient (Wildman–Crippen LogP) is 2.91. The van der Waals surface area contributed by atoms with E-state index in [9.17, 15) is 0 Å². The van der Waals surface area contributed by atoms with Gasteiger partial charge in [0, 0.05) is 18.0 Å². The van der Waals surface area contributed by atoms with Gasteiger partial charge >= 0.3 is 0 Å². The summed E-state index contributed by atoms with van der Waals surface area (Å²) < 4.78 is 1.77. The average molecular weight is 287 g/mol. The first kappa shape index (κ1) is 12.6. The molecule has 22 heavy (non-hydrogen) atoms. The molecule has 0 radical (unpaired) electrons. The summed E-state index contributed by atoms with van der Waals surface area (Å²) in [4.78, 5) is 4.34. The maximum atomic E-state index is 4.47. The summed E-state index contributed by atoms with van der Waals surface area (Å²) in [6.45, 7) is 3.75. The second-order valence-corrected chi connectivity index (χ2v) is 5.06. The zero-order chi connectivity index (χ0) is 14.9. The average Bonchev–Trinajstić information content (AvgIpc) is 2.97. The minimum atomic E-state index is 0.666. The number of fused-ring (bicyclic) bond motifs is 2. The van der Waals surface area contributed by atoms with E-state index >= 15 is 0 Å². The Morgan fingerprint density at radius 2 is 2.05 bits per heavy atom. The molecular formula is C17H13N5. The highest BCUT2D eigenvalue weighted by molar-refractivity contribution is 5.78. The fraction of sp³-hybridized carbons (Fsp3) is 0.0588. The second kappa shape index (κ2) is 5.04. The molecule has 0 atom stereocenters. The van der Waals surface area contributed by atoms with Crippen LogP contribution in [0, 0.1) is 0 Å². The molecule has 0 spiro atoms. The Labute approximate surface area is 127 Å². The van der Waals surface area contributed by atoms with E-state index < -0.39 is 0 Å². The predicted molar refractivity (Wildman–Crippen MR) is 85.4 cm³/mol. The molecule has 106 valence electrons. The summed E-state index contributed by atoms with van der Waals surface area (Å²) in [6, 6.07) is 14.0. The smallest absolute Gasteiger partial charge is 0.177 e. The molecule has 0 saturated carbocycles. The van der Waals surface area contributed by atoms with Crippen molar-refractivity contribution in [1.29, 1.82) is 0 Å². The summed E-state index contributed by atoms with van der Waals surface area (Å²) in [5.41, 5.74) is 3.68. The van der Waals surface area contributed by atoms with Gasteiger partial charge in [0.25, 0.3) is 0 Å². The van der Waals surface area contributed by atoms with Gasteiger partial charge in [-0.1, -0.05) is 18.7 Å². The zero-order valence-electron chi connectivity index (χ0n) is 11.8. The molecule has 0 amide bonds. The van der Waals surface area contributed by atoms with Gasteiger partial charge in [0.05, 0.1) is 11.2 Å². The fourth-order valence-electron chi connectivity index (χ4n) is 2.48. The van der Waals surface area contributed by atoms with E-state index in [1.54, 1.807) is 16.8 Å². The number of aromatic nitrogens is 5. The molecule has 0 saturated heterocycles. The van der Waals surface area contributed by atoms with Crippen molar-refractivity contribution in [3.05, 3.63) is 72.3 Å². The molecule has 0 unspecified atom stereocenters. The largest absolute Gasteiger partial charge is 0.256 e. The van der Waals surface area contributed by atoms with Crippen LogP contribution in [-0.2, 0) is 6.42 Å². The summed E-state index contributed by atoms with van der Waals surface area (Å²) in [5.74, 6) is 0.807. The van der Waals surface area contributed by atoms with E-state index in [1.807, 2.05) is 24.3 Å². The van der Waals surface area contributed by atoms with Crippen LogP contribution in [0.25, 0.3) is 22.6 Å². The first-order valence-electron chi connectivity index (χ1n) is 7.01. The van der Waals surface area contributed by atoms with Gasteiger partial charge in [0.15, 0.2) is 11.5 Å². The van der Waals surface area contributed by atoms with Crippen molar-refractivity contribution in [2.24, 2.45) is 0 Å². The van der Waals surface area contributed by atoms with E-state index in [0.29, 0.717) is 6.42 Å². The molecule has 0 aliphatic carbocycles. The molecule has 0 aliphatic heterocycles. The topological polar surface area (TPSA) is 56.0 Å². The summed E-state index contributed by atoms with van der Waals surface area (Å²) in [6.07, 6.45) is 4.18. The van der Waals surface area contributed by atoms with Crippen LogP contribution in [0.1, 0.15) is 17.1 Å². The van der Waals surface area contributed by atoms with Crippen LogP contribution < -0.4 is 0 Å². The van der Waals surface area contributed by atoms with Gasteiger partial charge in [0.1, 0.15) is 0 Å². The number of pyridine rings is 1. The van der Waals surface area contributed by atoms with Crippen molar-refractivity contribution in [3.8, 4) is 0 Å². The van der Waals surface area contributed by atoms with Crippen molar-refractivity contribution in [3.63, 3.8) is 0 Å². The monoisotopic (exact) mass is 287 g/mol. The number of hydrogen-bond donors (Lipinski definition) is 0. The van der Waals surface area contributed by atoms with Crippen LogP contribution in [0.4, 0.5) is 0 Å². The number of benzene rings is 1. The van der Waals surface area contributed by atoms with Crippen LogP contribution in [0.5, 0.6) is 0 Å². The third kappa shape index (κ3) is 2.13. The molecule has 5 heteroatoms. The van der Waals surface area contributed by atoms with Crippen molar-refractivity contribution < 1.29 is 0 Å². The lowest BCUT2D eigenvalue weighted by Gasteiger charge is -2.03. The highest BCUT2D eigenvalue weighted by Crippen LogP contribution is 2.16. The number of rotatable bonds is 3. The van der Waals surface area contributed by atoms with Gasteiger partial charge in [-0.05, 0) is 42.0 Å². The molecule has 5 nitrogen and oxygen atoms in total. The Bertz CT molecular complexity index is 987. The van der Waals surface area contributed by atoms with Gasteiger partial charge in [-0.15, -0.1) is 10.2 Å². The Morgan fingerprint density at radius 3 is 2.95 bits per heavy atom. The van der Waals surface area contributed by atoms with Crippen LogP contribution in [0.3, 0.4) is 0 Å². The van der Waals surface area contributed by atoms with Crippen molar-refractivity contribution in [1.82, 2.24) is 24.8 Å². The van der Waals surface area contributed by atoms with E-state index in [-0.39, 0.29) is 0 Å². The summed E-state index contributed by atoms with van der Waals surface area (Å²) >= 11 is 0. The first-order chi connectivity index (χ1) is 10.8. The minimum Gasteiger partial charge on any atom is -0.256 e. The quantitative estimate of drug-likeness (QED) is 0.581. The van der Waals surface area contributed by atoms with Crippen molar-refractivity contribution >= 4 is 22.6 Å². The standard InChI is InChI=1S/C17H13N5/c1-2-14-6-8-16-19-20-17(22(16)21-14)11-12-5-7-15-13(10-12)4-3-9-18-15/h2-10H,1,11H2. The number of nitrogens with zero attached hydrogens (tertiary/aromatic N) is 5. The lowest BCUT2D eigenvalue weighted by molar-refractivity contribution is 0.833. The molecule has 1 aromatic carbocycles. The van der Waals surface area contributed by atoms with Crippen molar-refractivity contribution in [2.45, 2.75) is 6.42 Å². The maximum absolute atomic E-state index is 4.47. The third-order valence-corrected chi connectivity index (χ3v) is 3.59. The van der Waals surface area contributed by atoms with E-state index in [4.69, 9.17) is 0 Å². The Morgan fingerprint density at radius 1 is 1.09 bits per heavy atom. The zero-order valence-corrected chi connectivity index (χ0v) is 11.8. The van der Waals surface area contributed by atoms with E-state index in [1.165, 1.54) is 0 Å². The molecule has 0 aliphatic rings. The molecule has 4 aromatic rings. The normalized spacial score (nSPS) is 11.1.